The number of aliphatic hydroxyl groups excluding tert-OH is 1. The second-order valence-corrected chi connectivity index (χ2v) is 7.67. The molecule has 1 aliphatic carbocycles. The Hall–Kier alpha value is -2.98. The van der Waals surface area contributed by atoms with Crippen molar-refractivity contribution in [2.45, 2.75) is 44.5 Å². The standard InChI is InChI=1S/C22H23NO8/c1-9-19(25)12(23)7-15(31-9)30-8-10-6-13(24)17-18(20(10)26)22(28)16-11(21(17)27)4-3-5-14(16)29-2/h3-6,9,12,15,19,24-26H,7-8,23H2,1-2H3. The molecule has 4 rings (SSSR count). The lowest BCUT2D eigenvalue weighted by Gasteiger charge is -2.36. The topological polar surface area (TPSA) is 149 Å². The van der Waals surface area contributed by atoms with E-state index >= 15 is 0 Å². The van der Waals surface area contributed by atoms with Gasteiger partial charge in [-0.25, -0.2) is 0 Å². The molecule has 9 heteroatoms. The predicted octanol–water partition coefficient (Wildman–Crippen LogP) is 1.22. The molecule has 0 bridgehead atoms. The number of carbonyl (C=O) groups excluding carboxylic acids is 2. The largest absolute Gasteiger partial charge is 0.507 e. The number of hydrogen-bond donors (Lipinski definition) is 4. The average Bonchev–Trinajstić information content (AvgIpc) is 2.75. The van der Waals surface area contributed by atoms with Gasteiger partial charge in [-0.05, 0) is 19.1 Å². The number of fused-ring (bicyclic) bond motifs is 2. The van der Waals surface area contributed by atoms with Crippen molar-refractivity contribution in [3.05, 3.63) is 52.1 Å². The van der Waals surface area contributed by atoms with E-state index in [1.54, 1.807) is 13.0 Å². The van der Waals surface area contributed by atoms with E-state index < -0.39 is 47.6 Å². The van der Waals surface area contributed by atoms with Crippen LogP contribution in [0.15, 0.2) is 24.3 Å². The van der Waals surface area contributed by atoms with Gasteiger partial charge in [0.15, 0.2) is 12.1 Å². The van der Waals surface area contributed by atoms with Crippen molar-refractivity contribution in [2.75, 3.05) is 7.11 Å². The molecule has 0 saturated carbocycles. The van der Waals surface area contributed by atoms with E-state index in [-0.39, 0.29) is 46.6 Å². The SMILES string of the molecule is COc1cccc2c1C(=O)c1c(O)c(COC3CC(N)C(O)C(C)O3)cc(O)c1C2=O. The predicted molar refractivity (Wildman–Crippen MR) is 107 cm³/mol. The third kappa shape index (κ3) is 3.45. The first kappa shape index (κ1) is 21.3. The number of methoxy groups -OCH3 is 1. The van der Waals surface area contributed by atoms with Gasteiger partial charge in [0.2, 0.25) is 5.78 Å². The molecule has 1 fully saturated rings. The molecule has 164 valence electrons. The first-order chi connectivity index (χ1) is 14.7. The van der Waals surface area contributed by atoms with Gasteiger partial charge in [-0.3, -0.25) is 9.59 Å². The summed E-state index contributed by atoms with van der Waals surface area (Å²) in [7, 11) is 1.37. The Morgan fingerprint density at radius 3 is 2.58 bits per heavy atom. The summed E-state index contributed by atoms with van der Waals surface area (Å²) in [6.07, 6.45) is -1.88. The highest BCUT2D eigenvalue weighted by molar-refractivity contribution is 6.31. The highest BCUT2D eigenvalue weighted by Gasteiger charge is 2.38. The van der Waals surface area contributed by atoms with Gasteiger partial charge in [-0.15, -0.1) is 0 Å². The monoisotopic (exact) mass is 429 g/mol. The van der Waals surface area contributed by atoms with E-state index in [1.165, 1.54) is 25.3 Å². The van der Waals surface area contributed by atoms with Gasteiger partial charge in [0.05, 0.1) is 42.6 Å². The molecule has 0 aromatic heterocycles. The zero-order valence-corrected chi connectivity index (χ0v) is 17.0. The van der Waals surface area contributed by atoms with E-state index in [1.807, 2.05) is 0 Å². The Morgan fingerprint density at radius 1 is 1.16 bits per heavy atom. The van der Waals surface area contributed by atoms with Crippen molar-refractivity contribution in [1.29, 1.82) is 0 Å². The Kier molecular flexibility index (Phi) is 5.44. The highest BCUT2D eigenvalue weighted by Crippen LogP contribution is 2.42. The van der Waals surface area contributed by atoms with Crippen LogP contribution in [0.4, 0.5) is 0 Å². The van der Waals surface area contributed by atoms with Gasteiger partial charge >= 0.3 is 0 Å². The van der Waals surface area contributed by atoms with Crippen LogP contribution in [0.3, 0.4) is 0 Å². The minimum Gasteiger partial charge on any atom is -0.507 e. The van der Waals surface area contributed by atoms with Gasteiger partial charge < -0.3 is 35.3 Å². The summed E-state index contributed by atoms with van der Waals surface area (Å²) in [6.45, 7) is 1.45. The molecule has 0 radical (unpaired) electrons. The summed E-state index contributed by atoms with van der Waals surface area (Å²) in [4.78, 5) is 26.1. The number of aromatic hydroxyl groups is 2. The fourth-order valence-electron chi connectivity index (χ4n) is 4.03. The molecule has 5 N–H and O–H groups in total. The minimum absolute atomic E-state index is 0.0275. The van der Waals surface area contributed by atoms with Crippen LogP contribution in [0.1, 0.15) is 50.8 Å². The molecule has 1 saturated heterocycles. The second-order valence-electron chi connectivity index (χ2n) is 7.67. The Bertz CT molecular complexity index is 1050. The van der Waals surface area contributed by atoms with Crippen molar-refractivity contribution >= 4 is 11.6 Å². The van der Waals surface area contributed by atoms with Crippen molar-refractivity contribution in [1.82, 2.24) is 0 Å². The Balaban J connectivity index is 1.67. The second kappa shape index (κ2) is 7.93. The quantitative estimate of drug-likeness (QED) is 0.449. The van der Waals surface area contributed by atoms with E-state index in [9.17, 15) is 24.9 Å². The fourth-order valence-corrected chi connectivity index (χ4v) is 4.03. The Labute approximate surface area is 178 Å². The maximum atomic E-state index is 13.2. The van der Waals surface area contributed by atoms with Crippen LogP contribution in [-0.4, -0.2) is 58.5 Å². The van der Waals surface area contributed by atoms with Crippen LogP contribution in [-0.2, 0) is 16.1 Å². The number of carbonyl (C=O) groups is 2. The van der Waals surface area contributed by atoms with E-state index in [0.29, 0.717) is 0 Å². The number of ketones is 2. The third-order valence-corrected chi connectivity index (χ3v) is 5.71. The first-order valence-electron chi connectivity index (χ1n) is 9.79. The number of phenols is 2. The highest BCUT2D eigenvalue weighted by atomic mass is 16.7. The number of aliphatic hydroxyl groups is 1. The fraction of sp³-hybridized carbons (Fsp3) is 0.364. The molecule has 1 aliphatic heterocycles. The number of nitrogens with two attached hydrogens (primary N) is 1. The molecule has 0 spiro atoms. The number of phenolic OH excluding ortho intramolecular Hbond substituents is 2. The van der Waals surface area contributed by atoms with Crippen LogP contribution in [0.2, 0.25) is 0 Å². The van der Waals surface area contributed by atoms with E-state index in [4.69, 9.17) is 19.9 Å². The molecule has 4 atom stereocenters. The van der Waals surface area contributed by atoms with Gasteiger partial charge in [-0.2, -0.15) is 0 Å². The summed E-state index contributed by atoms with van der Waals surface area (Å²) in [5.41, 5.74) is 5.54. The zero-order chi connectivity index (χ0) is 22.4. The van der Waals surface area contributed by atoms with Crippen LogP contribution in [0.5, 0.6) is 17.2 Å². The van der Waals surface area contributed by atoms with E-state index in [0.717, 1.165) is 0 Å². The lowest BCUT2D eigenvalue weighted by Crippen LogP contribution is -2.51. The molecule has 2 aromatic carbocycles. The zero-order valence-electron chi connectivity index (χ0n) is 17.0. The minimum atomic E-state index is -0.820. The van der Waals surface area contributed by atoms with Crippen LogP contribution in [0.25, 0.3) is 0 Å². The lowest BCUT2D eigenvalue weighted by atomic mass is 9.81. The van der Waals surface area contributed by atoms with Gasteiger partial charge in [0.1, 0.15) is 17.2 Å². The van der Waals surface area contributed by atoms with Crippen molar-refractivity contribution in [3.8, 4) is 17.2 Å². The summed E-state index contributed by atoms with van der Waals surface area (Å²) in [5.74, 6) is -1.93. The van der Waals surface area contributed by atoms with Crippen LogP contribution in [0, 0.1) is 0 Å². The summed E-state index contributed by atoms with van der Waals surface area (Å²) >= 11 is 0. The molecule has 31 heavy (non-hydrogen) atoms. The molecule has 2 aromatic rings. The smallest absolute Gasteiger partial charge is 0.202 e. The molecule has 4 unspecified atom stereocenters. The molecular weight excluding hydrogens is 406 g/mol. The third-order valence-electron chi connectivity index (χ3n) is 5.71. The van der Waals surface area contributed by atoms with Gasteiger partial charge in [-0.1, -0.05) is 12.1 Å². The first-order valence-corrected chi connectivity index (χ1v) is 9.79. The Morgan fingerprint density at radius 2 is 1.90 bits per heavy atom. The van der Waals surface area contributed by atoms with Crippen molar-refractivity contribution in [2.24, 2.45) is 5.73 Å². The maximum Gasteiger partial charge on any atom is 0.202 e. The van der Waals surface area contributed by atoms with Crippen molar-refractivity contribution in [3.63, 3.8) is 0 Å². The summed E-state index contributed by atoms with van der Waals surface area (Å²) in [5, 5.41) is 31.2. The average molecular weight is 429 g/mol. The molecule has 0 amide bonds. The number of ether oxygens (including phenoxy) is 3. The molecule has 2 aliphatic rings. The van der Waals surface area contributed by atoms with Gasteiger partial charge in [0.25, 0.3) is 0 Å². The lowest BCUT2D eigenvalue weighted by molar-refractivity contribution is -0.226. The summed E-state index contributed by atoms with van der Waals surface area (Å²) < 4.78 is 16.4. The molecule has 1 heterocycles. The number of benzene rings is 2. The molecule has 9 nitrogen and oxygen atoms in total. The summed E-state index contributed by atoms with van der Waals surface area (Å²) in [6, 6.07) is 5.22. The van der Waals surface area contributed by atoms with E-state index in [2.05, 4.69) is 0 Å². The number of rotatable bonds is 4. The van der Waals surface area contributed by atoms with Crippen molar-refractivity contribution < 1.29 is 39.1 Å². The van der Waals surface area contributed by atoms with Crippen LogP contribution >= 0.6 is 0 Å². The molecular formula is C22H23NO8. The maximum absolute atomic E-state index is 13.2. The normalized spacial score (nSPS) is 25.2. The van der Waals surface area contributed by atoms with Gasteiger partial charge in [0, 0.05) is 23.6 Å². The number of hydrogen-bond acceptors (Lipinski definition) is 9. The van der Waals surface area contributed by atoms with Crippen LogP contribution < -0.4 is 10.5 Å².